The maximum Gasteiger partial charge on any atom is 0.165 e. The van der Waals surface area contributed by atoms with Crippen molar-refractivity contribution in [2.45, 2.75) is 26.7 Å². The van der Waals surface area contributed by atoms with E-state index >= 15 is 0 Å². The molecule has 0 N–H and O–H groups in total. The first-order chi connectivity index (χ1) is 8.56. The maximum absolute atomic E-state index is 11.8. The van der Waals surface area contributed by atoms with Gasteiger partial charge in [0.1, 0.15) is 5.92 Å². The highest BCUT2D eigenvalue weighted by Crippen LogP contribution is 2.13. The number of hydrogen-bond acceptors (Lipinski definition) is 3. The van der Waals surface area contributed by atoms with Crippen LogP contribution in [0.2, 0.25) is 0 Å². The molecule has 0 radical (unpaired) electrons. The van der Waals surface area contributed by atoms with Crippen LogP contribution in [0.15, 0.2) is 24.3 Å². The molecule has 0 saturated heterocycles. The fourth-order valence-corrected chi connectivity index (χ4v) is 1.72. The first-order valence-corrected chi connectivity index (χ1v) is 5.98. The van der Waals surface area contributed by atoms with Gasteiger partial charge >= 0.3 is 0 Å². The van der Waals surface area contributed by atoms with Gasteiger partial charge in [0.15, 0.2) is 5.78 Å². The van der Waals surface area contributed by atoms with Crippen molar-refractivity contribution in [3.8, 4) is 12.1 Å². The fourth-order valence-electron chi connectivity index (χ4n) is 1.72. The van der Waals surface area contributed by atoms with E-state index in [2.05, 4.69) is 13.8 Å². The minimum atomic E-state index is -0.854. The van der Waals surface area contributed by atoms with Gasteiger partial charge in [-0.15, -0.1) is 0 Å². The lowest BCUT2D eigenvalue weighted by molar-refractivity contribution is 0.0976. The molecule has 92 valence electrons. The predicted molar refractivity (Wildman–Crippen MR) is 68.6 cm³/mol. The molecule has 1 aromatic carbocycles. The van der Waals surface area contributed by atoms with Crippen molar-refractivity contribution in [1.82, 2.24) is 0 Å². The molecule has 0 unspecified atom stereocenters. The highest BCUT2D eigenvalue weighted by atomic mass is 16.1. The molecule has 0 atom stereocenters. The Labute approximate surface area is 108 Å². The molecule has 3 nitrogen and oxygen atoms in total. The van der Waals surface area contributed by atoms with Crippen LogP contribution in [0.1, 0.15) is 36.2 Å². The summed E-state index contributed by atoms with van der Waals surface area (Å²) in [5.74, 6) is -0.430. The second-order valence-electron chi connectivity index (χ2n) is 4.73. The third-order valence-corrected chi connectivity index (χ3v) is 2.62. The molecule has 1 rings (SSSR count). The molecule has 0 saturated carbocycles. The minimum absolute atomic E-state index is 0.0312. The molecule has 1 aromatic rings. The molecule has 0 aromatic heterocycles. The lowest BCUT2D eigenvalue weighted by Gasteiger charge is -2.06. The Balaban J connectivity index is 2.71. The number of hydrogen-bond donors (Lipinski definition) is 0. The highest BCUT2D eigenvalue weighted by Gasteiger charge is 2.13. The lowest BCUT2D eigenvalue weighted by Crippen LogP contribution is -2.06. The summed E-state index contributed by atoms with van der Waals surface area (Å²) < 4.78 is 0. The van der Waals surface area contributed by atoms with Crippen LogP contribution in [-0.4, -0.2) is 5.78 Å². The van der Waals surface area contributed by atoms with E-state index in [0.29, 0.717) is 11.5 Å². The van der Waals surface area contributed by atoms with E-state index in [1.54, 1.807) is 12.1 Å². The van der Waals surface area contributed by atoms with Gasteiger partial charge in [0, 0.05) is 12.0 Å². The van der Waals surface area contributed by atoms with Gasteiger partial charge in [-0.2, -0.15) is 10.5 Å². The zero-order valence-electron chi connectivity index (χ0n) is 10.7. The Kier molecular flexibility index (Phi) is 5.08. The largest absolute Gasteiger partial charge is 0.294 e. The molecule has 0 aliphatic rings. The van der Waals surface area contributed by atoms with Crippen molar-refractivity contribution in [3.05, 3.63) is 35.4 Å². The summed E-state index contributed by atoms with van der Waals surface area (Å²) in [6.45, 7) is 4.28. The van der Waals surface area contributed by atoms with E-state index in [0.717, 1.165) is 6.42 Å². The molecule has 0 bridgehead atoms. The summed E-state index contributed by atoms with van der Waals surface area (Å²) in [7, 11) is 0. The average Bonchev–Trinajstić information content (AvgIpc) is 2.35. The average molecular weight is 240 g/mol. The van der Waals surface area contributed by atoms with Crippen LogP contribution in [0.25, 0.3) is 0 Å². The normalized spacial score (nSPS) is 10.1. The Hall–Kier alpha value is -2.13. The quantitative estimate of drug-likeness (QED) is 0.743. The number of carbonyl (C=O) groups is 1. The zero-order chi connectivity index (χ0) is 13.5. The van der Waals surface area contributed by atoms with Gasteiger partial charge in [0.25, 0.3) is 0 Å². The van der Waals surface area contributed by atoms with Crippen molar-refractivity contribution in [3.63, 3.8) is 0 Å². The van der Waals surface area contributed by atoms with Crippen molar-refractivity contribution in [2.75, 3.05) is 0 Å². The maximum atomic E-state index is 11.8. The molecule has 18 heavy (non-hydrogen) atoms. The van der Waals surface area contributed by atoms with Crippen LogP contribution >= 0.6 is 0 Å². The number of rotatable bonds is 5. The van der Waals surface area contributed by atoms with E-state index in [9.17, 15) is 4.79 Å². The highest BCUT2D eigenvalue weighted by molar-refractivity contribution is 5.96. The van der Waals surface area contributed by atoms with Gasteiger partial charge in [0.2, 0.25) is 0 Å². The van der Waals surface area contributed by atoms with Gasteiger partial charge in [-0.05, 0) is 17.9 Å². The van der Waals surface area contributed by atoms with Crippen LogP contribution in [-0.2, 0) is 6.42 Å². The van der Waals surface area contributed by atoms with Crippen LogP contribution in [0, 0.1) is 34.5 Å². The predicted octanol–water partition coefficient (Wildman–Crippen LogP) is 3.12. The molecule has 0 spiro atoms. The number of Topliss-reactive ketones (excluding diaryl/α,β-unsaturated/α-hetero) is 1. The van der Waals surface area contributed by atoms with Crippen molar-refractivity contribution < 1.29 is 4.79 Å². The van der Waals surface area contributed by atoms with Crippen molar-refractivity contribution in [1.29, 1.82) is 10.5 Å². The summed E-state index contributed by atoms with van der Waals surface area (Å²) in [4.78, 5) is 11.8. The van der Waals surface area contributed by atoms with Crippen LogP contribution < -0.4 is 0 Å². The Bertz CT molecular complexity index is 475. The summed E-state index contributed by atoms with van der Waals surface area (Å²) in [6, 6.07) is 11.0. The number of nitriles is 2. The van der Waals surface area contributed by atoms with E-state index in [-0.39, 0.29) is 12.2 Å². The third-order valence-electron chi connectivity index (χ3n) is 2.62. The van der Waals surface area contributed by atoms with Crippen molar-refractivity contribution in [2.24, 2.45) is 11.8 Å². The molecule has 0 amide bonds. The second-order valence-corrected chi connectivity index (χ2v) is 4.73. The Morgan fingerprint density at radius 1 is 1.17 bits per heavy atom. The van der Waals surface area contributed by atoms with E-state index in [4.69, 9.17) is 10.5 Å². The van der Waals surface area contributed by atoms with Gasteiger partial charge in [-0.3, -0.25) is 4.79 Å². The summed E-state index contributed by atoms with van der Waals surface area (Å²) in [5, 5.41) is 17.3. The Morgan fingerprint density at radius 3 is 2.17 bits per heavy atom. The zero-order valence-corrected chi connectivity index (χ0v) is 10.7. The van der Waals surface area contributed by atoms with Gasteiger partial charge in [-0.1, -0.05) is 38.1 Å². The lowest BCUT2D eigenvalue weighted by atomic mass is 9.97. The molecule has 3 heteroatoms. The summed E-state index contributed by atoms with van der Waals surface area (Å²) in [5.41, 5.74) is 1.76. The van der Waals surface area contributed by atoms with Gasteiger partial charge < -0.3 is 0 Å². The molecular weight excluding hydrogens is 224 g/mol. The topological polar surface area (TPSA) is 64.7 Å². The second kappa shape index (κ2) is 6.57. The number of carbonyl (C=O) groups excluding carboxylic acids is 1. The minimum Gasteiger partial charge on any atom is -0.294 e. The van der Waals surface area contributed by atoms with Crippen molar-refractivity contribution >= 4 is 5.78 Å². The van der Waals surface area contributed by atoms with Gasteiger partial charge in [-0.25, -0.2) is 0 Å². The molecule has 0 heterocycles. The standard InChI is InChI=1S/C15H16N2O/c1-11(2)7-12-3-5-14(6-4-12)15(18)8-13(9-16)10-17/h3-6,11,13H,7-8H2,1-2H3. The molecule has 0 aliphatic heterocycles. The monoisotopic (exact) mass is 240 g/mol. The van der Waals surface area contributed by atoms with E-state index in [1.165, 1.54) is 5.56 Å². The smallest absolute Gasteiger partial charge is 0.165 e. The summed E-state index contributed by atoms with van der Waals surface area (Å²) in [6.07, 6.45) is 0.948. The SMILES string of the molecule is CC(C)Cc1ccc(C(=O)CC(C#N)C#N)cc1. The van der Waals surface area contributed by atoms with Crippen LogP contribution in [0.3, 0.4) is 0 Å². The Morgan fingerprint density at radius 2 is 1.72 bits per heavy atom. The first kappa shape index (κ1) is 13.9. The van der Waals surface area contributed by atoms with Gasteiger partial charge in [0.05, 0.1) is 12.1 Å². The summed E-state index contributed by atoms with van der Waals surface area (Å²) >= 11 is 0. The molecule has 0 fully saturated rings. The van der Waals surface area contributed by atoms with Crippen LogP contribution in [0.5, 0.6) is 0 Å². The van der Waals surface area contributed by atoms with Crippen LogP contribution in [0.4, 0.5) is 0 Å². The van der Waals surface area contributed by atoms with E-state index < -0.39 is 5.92 Å². The molecular formula is C15H16N2O. The number of nitrogens with zero attached hydrogens (tertiary/aromatic N) is 2. The molecule has 0 aliphatic carbocycles. The fraction of sp³-hybridized carbons (Fsp3) is 0.400. The van der Waals surface area contributed by atoms with E-state index in [1.807, 2.05) is 24.3 Å². The third kappa shape index (κ3) is 4.03. The first-order valence-electron chi connectivity index (χ1n) is 5.98. The number of ketones is 1. The number of benzene rings is 1.